The van der Waals surface area contributed by atoms with Gasteiger partial charge in [-0.25, -0.2) is 0 Å². The summed E-state index contributed by atoms with van der Waals surface area (Å²) in [5.41, 5.74) is 0. The van der Waals surface area contributed by atoms with Crippen LogP contribution in [-0.4, -0.2) is 392 Å². The van der Waals surface area contributed by atoms with Gasteiger partial charge in [-0.2, -0.15) is 0 Å². The lowest BCUT2D eigenvalue weighted by molar-refractivity contribution is -0.118. The summed E-state index contributed by atoms with van der Waals surface area (Å²) in [4.78, 5) is 0. The molecule has 0 rings (SSSR count). The Morgan fingerprint density at radius 3 is 0.223 bits per heavy atom. The average molecular weight is 1760 g/mol. The molecule has 0 fully saturated rings. The van der Waals surface area contributed by atoms with Gasteiger partial charge in [-0.15, -0.1) is 0 Å². The quantitative estimate of drug-likeness (QED) is 0.0571. The van der Waals surface area contributed by atoms with Crippen LogP contribution in [0.2, 0.25) is 0 Å². The first-order chi connectivity index (χ1) is 57.2. The third-order valence-electron chi connectivity index (χ3n) is 18.1. The number of aliphatic hydroxyl groups is 2. The van der Waals surface area contributed by atoms with Gasteiger partial charge in [0.05, 0.1) is 381 Å². The lowest BCUT2D eigenvalue weighted by Gasteiger charge is -2.24. The summed E-state index contributed by atoms with van der Waals surface area (Å²) in [6.07, 6.45) is -4.12. The third-order valence-corrected chi connectivity index (χ3v) is 18.1. The Morgan fingerprint density at radius 1 is 0.107 bits per heavy atom. The smallest absolute Gasteiger partial charge is 0.0781 e. The highest BCUT2D eigenvalue weighted by Crippen LogP contribution is 2.14. The van der Waals surface area contributed by atoms with E-state index < -0.39 is 6.10 Å². The van der Waals surface area contributed by atoms with E-state index in [4.69, 9.17) is 142 Å². The SMILES string of the molecule is CC(O)COC(C)COC(C)COC(C)COC(C)COC(C)COC(C)COC(C)COC(C)COC(C)COC(C)COC(C)COC(C)COC(C)COC(C)COC(C)COC(C)COC(C)COC(C)COC(C)COC(C)COC(C)COC(C)COC(C)COC(C)COC(C)COC(C)COC(C)COC(C)COC(C)CO. The maximum atomic E-state index is 9.39. The number of hydrogen-bond acceptors (Lipinski definition) is 31. The largest absolute Gasteiger partial charge is 0.394 e. The van der Waals surface area contributed by atoms with E-state index >= 15 is 0 Å². The number of hydrogen-bond donors (Lipinski definition) is 2. The normalized spacial score (nSPS) is 20.0. The van der Waals surface area contributed by atoms with Gasteiger partial charge in [-0.3, -0.25) is 0 Å². The molecule has 0 saturated heterocycles. The number of rotatable bonds is 88. The van der Waals surface area contributed by atoms with Crippen molar-refractivity contribution in [1.82, 2.24) is 0 Å². The fourth-order valence-corrected chi connectivity index (χ4v) is 10.1. The van der Waals surface area contributed by atoms with Crippen molar-refractivity contribution >= 4 is 0 Å². The fourth-order valence-electron chi connectivity index (χ4n) is 10.1. The first-order valence-electron chi connectivity index (χ1n) is 45.3. The summed E-state index contributed by atoms with van der Waals surface area (Å²) in [6, 6.07) is 0. The van der Waals surface area contributed by atoms with E-state index in [0.29, 0.717) is 185 Å². The highest BCUT2D eigenvalue weighted by molar-refractivity contribution is 4.68. The van der Waals surface area contributed by atoms with Crippen LogP contribution >= 0.6 is 0 Å². The Hall–Kier alpha value is -1.24. The van der Waals surface area contributed by atoms with Crippen molar-refractivity contribution < 1.29 is 148 Å². The van der Waals surface area contributed by atoms with Gasteiger partial charge in [0.1, 0.15) is 0 Å². The van der Waals surface area contributed by atoms with E-state index in [-0.39, 0.29) is 190 Å². The van der Waals surface area contributed by atoms with Gasteiger partial charge in [0.2, 0.25) is 0 Å². The van der Waals surface area contributed by atoms with Gasteiger partial charge in [-0.05, 0) is 208 Å². The second-order valence-electron chi connectivity index (χ2n) is 34.2. The van der Waals surface area contributed by atoms with Gasteiger partial charge in [-0.1, -0.05) is 0 Å². The Bertz CT molecular complexity index is 2170. The van der Waals surface area contributed by atoms with Crippen LogP contribution in [0.5, 0.6) is 0 Å². The predicted octanol–water partition coefficient (Wildman–Crippen LogP) is 11.1. The molecule has 0 bridgehead atoms. The molecule has 0 saturated carbocycles. The van der Waals surface area contributed by atoms with E-state index in [0.717, 1.165) is 0 Å². The average Bonchev–Trinajstić information content (AvgIpc) is 0.959. The molecule has 0 aromatic heterocycles. The van der Waals surface area contributed by atoms with Crippen LogP contribution in [0.3, 0.4) is 0 Å². The molecule has 30 unspecified atom stereocenters. The highest BCUT2D eigenvalue weighted by Gasteiger charge is 2.23. The maximum absolute atomic E-state index is 9.39. The van der Waals surface area contributed by atoms with Crippen LogP contribution in [0.15, 0.2) is 0 Å². The van der Waals surface area contributed by atoms with Crippen LogP contribution in [0, 0.1) is 0 Å². The Labute approximate surface area is 733 Å². The molecule has 0 heterocycles. The first-order valence-corrected chi connectivity index (χ1v) is 45.3. The maximum Gasteiger partial charge on any atom is 0.0781 e. The van der Waals surface area contributed by atoms with Crippen LogP contribution in [-0.2, 0) is 137 Å². The van der Waals surface area contributed by atoms with Crippen molar-refractivity contribution in [2.24, 2.45) is 0 Å². The molecule has 0 aromatic carbocycles. The molecule has 31 nitrogen and oxygen atoms in total. The molecule has 0 aliphatic carbocycles. The lowest BCUT2D eigenvalue weighted by atomic mass is 10.3. The molecular formula is C90H182O31. The molecular weight excluding hydrogens is 1580 g/mol. The van der Waals surface area contributed by atoms with Crippen LogP contribution in [0.1, 0.15) is 208 Å². The second-order valence-corrected chi connectivity index (χ2v) is 34.2. The zero-order valence-corrected chi connectivity index (χ0v) is 81.3. The minimum absolute atomic E-state index is 0.0170. The Kier molecular flexibility index (Phi) is 74.7. The first kappa shape index (κ1) is 120. The molecule has 0 amide bonds. The highest BCUT2D eigenvalue weighted by atomic mass is 16.6. The summed E-state index contributed by atoms with van der Waals surface area (Å²) in [6.45, 7) is 71.0. The molecule has 0 aromatic rings. The zero-order valence-electron chi connectivity index (χ0n) is 81.3. The van der Waals surface area contributed by atoms with E-state index in [1.165, 1.54) is 0 Å². The van der Waals surface area contributed by atoms with Crippen molar-refractivity contribution in [2.45, 2.75) is 391 Å². The van der Waals surface area contributed by atoms with Crippen LogP contribution in [0.25, 0.3) is 0 Å². The topological polar surface area (TPSA) is 308 Å². The van der Waals surface area contributed by atoms with Gasteiger partial charge in [0.25, 0.3) is 0 Å². The molecule has 2 N–H and O–H groups in total. The monoisotopic (exact) mass is 1760 g/mol. The molecule has 121 heavy (non-hydrogen) atoms. The standard InChI is InChI=1S/C90H182O31/c1-61(92)32-93-63(3)34-95-65(5)36-97-67(7)38-99-69(9)40-101-71(11)42-103-73(13)44-105-75(15)46-107-77(17)48-109-79(19)50-111-81(21)52-113-83(23)54-115-85(25)56-117-87(27)58-119-89(29)60-121-90(30)59-120-88(28)57-118-86(26)55-116-84(24)53-114-82(22)51-112-80(20)49-110-78(18)47-108-76(16)45-106-74(14)43-104-72(12)41-102-70(10)39-100-68(8)37-98-66(6)35-96-64(4)33-94-62(2)31-91/h61-92H,31-60H2,1-30H3. The molecule has 728 valence electrons. The summed E-state index contributed by atoms with van der Waals surface area (Å²) < 4.78 is 173. The third kappa shape index (κ3) is 76.2. The minimum Gasteiger partial charge on any atom is -0.394 e. The molecule has 0 aliphatic rings. The summed E-state index contributed by atoms with van der Waals surface area (Å²) in [5.74, 6) is 0. The van der Waals surface area contributed by atoms with Crippen molar-refractivity contribution in [1.29, 1.82) is 0 Å². The summed E-state index contributed by atoms with van der Waals surface area (Å²) in [5, 5.41) is 18.5. The van der Waals surface area contributed by atoms with Crippen molar-refractivity contribution in [2.75, 3.05) is 198 Å². The molecule has 31 heteroatoms. The van der Waals surface area contributed by atoms with Crippen molar-refractivity contribution in [3.8, 4) is 0 Å². The Balaban J connectivity index is 4.08. The molecule has 0 spiro atoms. The zero-order chi connectivity index (χ0) is 91.0. The predicted molar refractivity (Wildman–Crippen MR) is 466 cm³/mol. The lowest BCUT2D eigenvalue weighted by Crippen LogP contribution is -2.31. The van der Waals surface area contributed by atoms with Crippen molar-refractivity contribution in [3.05, 3.63) is 0 Å². The molecule has 0 radical (unpaired) electrons. The van der Waals surface area contributed by atoms with Gasteiger partial charge < -0.3 is 148 Å². The van der Waals surface area contributed by atoms with Gasteiger partial charge >= 0.3 is 0 Å². The number of aliphatic hydroxyl groups excluding tert-OH is 2. The van der Waals surface area contributed by atoms with Crippen LogP contribution < -0.4 is 0 Å². The number of ether oxygens (including phenoxy) is 29. The summed E-state index contributed by atoms with van der Waals surface area (Å²) >= 11 is 0. The van der Waals surface area contributed by atoms with E-state index in [1.807, 2.05) is 201 Å². The Morgan fingerprint density at radius 2 is 0.165 bits per heavy atom. The van der Waals surface area contributed by atoms with Gasteiger partial charge in [0, 0.05) is 0 Å². The molecule has 0 aliphatic heterocycles. The minimum atomic E-state index is -0.502. The van der Waals surface area contributed by atoms with E-state index in [9.17, 15) is 5.11 Å². The van der Waals surface area contributed by atoms with Crippen molar-refractivity contribution in [3.63, 3.8) is 0 Å². The second kappa shape index (κ2) is 75.4. The van der Waals surface area contributed by atoms with E-state index in [1.54, 1.807) is 6.92 Å². The van der Waals surface area contributed by atoms with Gasteiger partial charge in [0.15, 0.2) is 0 Å². The van der Waals surface area contributed by atoms with Crippen LogP contribution in [0.4, 0.5) is 0 Å². The molecule has 30 atom stereocenters. The fraction of sp³-hybridized carbons (Fsp3) is 1.00. The van der Waals surface area contributed by atoms with E-state index in [2.05, 4.69) is 0 Å². The summed E-state index contributed by atoms with van der Waals surface area (Å²) in [7, 11) is 0.